The largest absolute Gasteiger partial charge is 0.346 e. The van der Waals surface area contributed by atoms with Gasteiger partial charge in [0.15, 0.2) is 11.5 Å². The summed E-state index contributed by atoms with van der Waals surface area (Å²) >= 11 is 1.74. The first-order chi connectivity index (χ1) is 15.2. The molecule has 0 spiro atoms. The lowest BCUT2D eigenvalue weighted by Gasteiger charge is -2.32. The van der Waals surface area contributed by atoms with Gasteiger partial charge in [-0.1, -0.05) is 24.3 Å². The van der Waals surface area contributed by atoms with Crippen LogP contribution in [-0.4, -0.2) is 56.4 Å². The van der Waals surface area contributed by atoms with Crippen molar-refractivity contribution in [3.05, 3.63) is 66.1 Å². The highest BCUT2D eigenvalue weighted by molar-refractivity contribution is 7.98. The van der Waals surface area contributed by atoms with Gasteiger partial charge in [-0.25, -0.2) is 0 Å². The summed E-state index contributed by atoms with van der Waals surface area (Å²) in [6.07, 6.45) is 6.10. The van der Waals surface area contributed by atoms with Crippen molar-refractivity contribution in [3.63, 3.8) is 0 Å². The molecule has 0 bridgehead atoms. The van der Waals surface area contributed by atoms with Crippen molar-refractivity contribution < 1.29 is 9.59 Å². The quantitative estimate of drug-likeness (QED) is 0.614. The molecule has 1 aliphatic rings. The number of hydrogen-bond acceptors (Lipinski definition) is 5. The van der Waals surface area contributed by atoms with Gasteiger partial charge in [-0.2, -0.15) is 11.8 Å². The highest BCUT2D eigenvalue weighted by Gasteiger charge is 2.30. The lowest BCUT2D eigenvalue weighted by molar-refractivity contribution is -0.127. The molecular formula is C23H27N5O2S. The predicted molar refractivity (Wildman–Crippen MR) is 122 cm³/mol. The second-order valence-electron chi connectivity index (χ2n) is 7.76. The second kappa shape index (κ2) is 9.96. The smallest absolute Gasteiger partial charge is 0.253 e. The fourth-order valence-electron chi connectivity index (χ4n) is 4.00. The van der Waals surface area contributed by atoms with E-state index in [2.05, 4.69) is 21.8 Å². The average molecular weight is 438 g/mol. The van der Waals surface area contributed by atoms with Gasteiger partial charge in [-0.3, -0.25) is 14.0 Å². The number of fused-ring (bicyclic) bond motifs is 1. The first-order valence-electron chi connectivity index (χ1n) is 10.6. The molecule has 1 saturated heterocycles. The maximum Gasteiger partial charge on any atom is 0.253 e. The SMILES string of the molecule is CSCC[C@@H](NC(=O)C1CCN(C(=O)c2ccccc2)CC1)c1nnc2ccccn12. The van der Waals surface area contributed by atoms with Crippen LogP contribution < -0.4 is 5.32 Å². The van der Waals surface area contributed by atoms with Crippen molar-refractivity contribution >= 4 is 29.2 Å². The lowest BCUT2D eigenvalue weighted by atomic mass is 9.95. The van der Waals surface area contributed by atoms with Gasteiger partial charge < -0.3 is 10.2 Å². The molecule has 1 N–H and O–H groups in total. The molecule has 8 heteroatoms. The van der Waals surface area contributed by atoms with E-state index in [0.29, 0.717) is 31.5 Å². The third-order valence-electron chi connectivity index (χ3n) is 5.75. The summed E-state index contributed by atoms with van der Waals surface area (Å²) in [6.45, 7) is 1.18. The molecule has 31 heavy (non-hydrogen) atoms. The predicted octanol–water partition coefficient (Wildman–Crippen LogP) is 3.19. The summed E-state index contributed by atoms with van der Waals surface area (Å²) < 4.78 is 1.94. The Bertz CT molecular complexity index is 1030. The Morgan fingerprint density at radius 1 is 1.10 bits per heavy atom. The van der Waals surface area contributed by atoms with Crippen molar-refractivity contribution in [3.8, 4) is 0 Å². The summed E-state index contributed by atoms with van der Waals surface area (Å²) in [7, 11) is 0. The van der Waals surface area contributed by atoms with E-state index in [1.165, 1.54) is 0 Å². The molecule has 0 unspecified atom stereocenters. The molecule has 162 valence electrons. The maximum absolute atomic E-state index is 13.1. The third-order valence-corrected chi connectivity index (χ3v) is 6.40. The van der Waals surface area contributed by atoms with E-state index in [1.54, 1.807) is 11.8 Å². The number of carbonyl (C=O) groups is 2. The molecule has 4 rings (SSSR count). The van der Waals surface area contributed by atoms with Crippen LogP contribution in [0.5, 0.6) is 0 Å². The standard InChI is InChI=1S/C23H27N5O2S/c1-31-16-12-19(21-26-25-20-9-5-6-13-28(20)21)24-22(29)17-10-14-27(15-11-17)23(30)18-7-3-2-4-8-18/h2-9,13,17,19H,10-12,14-16H2,1H3,(H,24,29)/t19-/m1/s1. The van der Waals surface area contributed by atoms with E-state index in [0.717, 1.165) is 23.6 Å². The average Bonchev–Trinajstić information content (AvgIpc) is 3.26. The highest BCUT2D eigenvalue weighted by Crippen LogP contribution is 2.23. The Balaban J connectivity index is 1.40. The van der Waals surface area contributed by atoms with Crippen LogP contribution in [0.25, 0.3) is 5.65 Å². The molecule has 0 aliphatic carbocycles. The zero-order chi connectivity index (χ0) is 21.6. The Kier molecular flexibility index (Phi) is 6.86. The first-order valence-corrected chi connectivity index (χ1v) is 12.0. The number of hydrogen-bond donors (Lipinski definition) is 1. The van der Waals surface area contributed by atoms with Gasteiger partial charge >= 0.3 is 0 Å². The number of piperidine rings is 1. The molecule has 3 heterocycles. The number of thioether (sulfide) groups is 1. The minimum Gasteiger partial charge on any atom is -0.346 e. The van der Waals surface area contributed by atoms with Crippen LogP contribution in [0.3, 0.4) is 0 Å². The molecule has 3 aromatic rings. The number of likely N-dealkylation sites (tertiary alicyclic amines) is 1. The van der Waals surface area contributed by atoms with Crippen molar-refractivity contribution in [2.24, 2.45) is 5.92 Å². The molecule has 1 aliphatic heterocycles. The highest BCUT2D eigenvalue weighted by atomic mass is 32.2. The minimum atomic E-state index is -0.193. The maximum atomic E-state index is 13.1. The van der Waals surface area contributed by atoms with Crippen LogP contribution in [0.4, 0.5) is 0 Å². The van der Waals surface area contributed by atoms with Gasteiger partial charge in [0.2, 0.25) is 5.91 Å². The zero-order valence-corrected chi connectivity index (χ0v) is 18.4. The zero-order valence-electron chi connectivity index (χ0n) is 17.6. The van der Waals surface area contributed by atoms with Crippen LogP contribution in [0.2, 0.25) is 0 Å². The monoisotopic (exact) mass is 437 g/mol. The summed E-state index contributed by atoms with van der Waals surface area (Å²) in [4.78, 5) is 27.6. The molecule has 7 nitrogen and oxygen atoms in total. The van der Waals surface area contributed by atoms with Gasteiger partial charge in [-0.05, 0) is 55.5 Å². The van der Waals surface area contributed by atoms with Gasteiger partial charge in [0.05, 0.1) is 6.04 Å². The number of pyridine rings is 1. The molecular weight excluding hydrogens is 410 g/mol. The summed E-state index contributed by atoms with van der Waals surface area (Å²) in [5, 5.41) is 11.8. The molecule has 1 aromatic carbocycles. The van der Waals surface area contributed by atoms with E-state index in [4.69, 9.17) is 0 Å². The second-order valence-corrected chi connectivity index (χ2v) is 8.75. The molecule has 0 saturated carbocycles. The number of rotatable bonds is 7. The van der Waals surface area contributed by atoms with E-state index < -0.39 is 0 Å². The van der Waals surface area contributed by atoms with Crippen LogP contribution >= 0.6 is 11.8 Å². The third kappa shape index (κ3) is 4.90. The van der Waals surface area contributed by atoms with E-state index in [9.17, 15) is 9.59 Å². The normalized spacial score (nSPS) is 15.7. The van der Waals surface area contributed by atoms with Gasteiger partial charge in [-0.15, -0.1) is 10.2 Å². The summed E-state index contributed by atoms with van der Waals surface area (Å²) in [6, 6.07) is 14.9. The van der Waals surface area contributed by atoms with Gasteiger partial charge in [0.1, 0.15) is 0 Å². The number of nitrogens with zero attached hydrogens (tertiary/aromatic N) is 4. The van der Waals surface area contributed by atoms with Crippen LogP contribution in [-0.2, 0) is 4.79 Å². The van der Waals surface area contributed by atoms with E-state index in [1.807, 2.05) is 64.0 Å². The van der Waals surface area contributed by atoms with Gasteiger partial charge in [0, 0.05) is 30.8 Å². The number of carbonyl (C=O) groups excluding carboxylic acids is 2. The lowest BCUT2D eigenvalue weighted by Crippen LogP contribution is -2.44. The number of amides is 2. The molecule has 2 amide bonds. The van der Waals surface area contributed by atoms with Crippen molar-refractivity contribution in [2.45, 2.75) is 25.3 Å². The fraction of sp³-hybridized carbons (Fsp3) is 0.391. The Hall–Kier alpha value is -2.87. The molecule has 2 aromatic heterocycles. The Labute approximate surface area is 186 Å². The molecule has 1 fully saturated rings. The summed E-state index contributed by atoms with van der Waals surface area (Å²) in [5.41, 5.74) is 1.47. The Morgan fingerprint density at radius 3 is 2.58 bits per heavy atom. The minimum absolute atomic E-state index is 0.0330. The van der Waals surface area contributed by atoms with Crippen molar-refractivity contribution in [2.75, 3.05) is 25.1 Å². The topological polar surface area (TPSA) is 79.6 Å². The first kappa shape index (κ1) is 21.4. The number of aromatic nitrogens is 3. The molecule has 0 radical (unpaired) electrons. The number of nitrogens with one attached hydrogen (secondary N) is 1. The van der Waals surface area contributed by atoms with E-state index in [-0.39, 0.29) is 23.8 Å². The molecule has 1 atom stereocenters. The Morgan fingerprint density at radius 2 is 1.84 bits per heavy atom. The van der Waals surface area contributed by atoms with Crippen LogP contribution in [0, 0.1) is 5.92 Å². The fourth-order valence-corrected chi connectivity index (χ4v) is 4.47. The van der Waals surface area contributed by atoms with Crippen LogP contribution in [0.15, 0.2) is 54.7 Å². The number of benzene rings is 1. The van der Waals surface area contributed by atoms with Crippen molar-refractivity contribution in [1.29, 1.82) is 0 Å². The van der Waals surface area contributed by atoms with Crippen LogP contribution in [0.1, 0.15) is 41.5 Å². The van der Waals surface area contributed by atoms with E-state index >= 15 is 0 Å². The van der Waals surface area contributed by atoms with Gasteiger partial charge in [0.25, 0.3) is 5.91 Å². The van der Waals surface area contributed by atoms with Crippen molar-refractivity contribution in [1.82, 2.24) is 24.8 Å². The summed E-state index contributed by atoms with van der Waals surface area (Å²) in [5.74, 6) is 1.64.